The van der Waals surface area contributed by atoms with Gasteiger partial charge in [0.1, 0.15) is 11.3 Å². The molecule has 9 nitrogen and oxygen atoms in total. The van der Waals surface area contributed by atoms with Gasteiger partial charge in [-0.25, -0.2) is 5.10 Å². The maximum Gasteiger partial charge on any atom is 0.298 e. The molecule has 1 saturated heterocycles. The van der Waals surface area contributed by atoms with Gasteiger partial charge in [0, 0.05) is 30.5 Å². The molecule has 9 heteroatoms. The number of rotatable bonds is 2. The molecule has 0 radical (unpaired) electrons. The zero-order valence-electron chi connectivity index (χ0n) is 19.4. The maximum absolute atomic E-state index is 12.6. The highest BCUT2D eigenvalue weighted by molar-refractivity contribution is 6.01. The monoisotopic (exact) mass is 458 g/mol. The van der Waals surface area contributed by atoms with E-state index in [9.17, 15) is 9.59 Å². The van der Waals surface area contributed by atoms with E-state index in [2.05, 4.69) is 33.2 Å². The molecule has 0 bridgehead atoms. The average molecular weight is 459 g/mol. The number of nitrogens with two attached hydrogens (primary N) is 1. The molecule has 4 heterocycles. The van der Waals surface area contributed by atoms with E-state index in [0.29, 0.717) is 49.2 Å². The SMILES string of the molecule is CCC#CC(=O)N1CCC(n2nc3c(=O)[nH]nc(N)c3c2-c2oc3ccc(C)cc3c2C)CC1. The summed E-state index contributed by atoms with van der Waals surface area (Å²) in [4.78, 5) is 26.7. The second kappa shape index (κ2) is 8.37. The minimum Gasteiger partial charge on any atom is -0.454 e. The molecule has 1 amide bonds. The van der Waals surface area contributed by atoms with E-state index in [1.54, 1.807) is 4.90 Å². The Morgan fingerprint density at radius 2 is 2.06 bits per heavy atom. The topological polar surface area (TPSA) is 123 Å². The number of aromatic nitrogens is 4. The average Bonchev–Trinajstić information content (AvgIpc) is 3.39. The van der Waals surface area contributed by atoms with Gasteiger partial charge in [-0.1, -0.05) is 24.5 Å². The number of nitrogens with one attached hydrogen (secondary N) is 1. The Morgan fingerprint density at radius 1 is 1.29 bits per heavy atom. The van der Waals surface area contributed by atoms with E-state index in [1.165, 1.54) is 0 Å². The van der Waals surface area contributed by atoms with E-state index >= 15 is 0 Å². The van der Waals surface area contributed by atoms with Crippen LogP contribution in [-0.2, 0) is 4.79 Å². The molecule has 3 N–H and O–H groups in total. The van der Waals surface area contributed by atoms with Gasteiger partial charge in [-0.2, -0.15) is 10.2 Å². The highest BCUT2D eigenvalue weighted by atomic mass is 16.3. The molecule has 1 aliphatic rings. The number of likely N-dealkylation sites (tertiary alicyclic amines) is 1. The van der Waals surface area contributed by atoms with Crippen LogP contribution in [0.2, 0.25) is 0 Å². The summed E-state index contributed by atoms with van der Waals surface area (Å²) >= 11 is 0. The molecular formula is C25H26N6O3. The lowest BCUT2D eigenvalue weighted by atomic mass is 10.0. The van der Waals surface area contributed by atoms with Gasteiger partial charge < -0.3 is 15.1 Å². The number of H-pyrrole nitrogens is 1. The molecule has 0 spiro atoms. The normalized spacial score (nSPS) is 14.5. The molecule has 1 aliphatic heterocycles. The summed E-state index contributed by atoms with van der Waals surface area (Å²) in [7, 11) is 0. The number of aryl methyl sites for hydroxylation is 2. The number of amides is 1. The zero-order chi connectivity index (χ0) is 24.0. The van der Waals surface area contributed by atoms with Crippen molar-refractivity contribution in [3.63, 3.8) is 0 Å². The van der Waals surface area contributed by atoms with Crippen LogP contribution in [0, 0.1) is 25.7 Å². The predicted octanol–water partition coefficient (Wildman–Crippen LogP) is 3.31. The number of hydrogen-bond donors (Lipinski definition) is 2. The molecule has 3 aromatic heterocycles. The number of benzene rings is 1. The summed E-state index contributed by atoms with van der Waals surface area (Å²) in [6, 6.07) is 5.98. The summed E-state index contributed by atoms with van der Waals surface area (Å²) in [5, 5.41) is 12.6. The summed E-state index contributed by atoms with van der Waals surface area (Å²) in [6.45, 7) is 7.06. The van der Waals surface area contributed by atoms with Gasteiger partial charge in [-0.05, 0) is 44.7 Å². The number of piperidine rings is 1. The van der Waals surface area contributed by atoms with Gasteiger partial charge in [0.2, 0.25) is 0 Å². The standard InChI is InChI=1S/C25H26N6O3/c1-4-5-6-19(32)30-11-9-16(10-12-30)31-22(20-21(29-31)25(33)28-27-24(20)26)23-15(3)17-13-14(2)7-8-18(17)34-23/h7-8,13,16H,4,9-12H2,1-3H3,(H2,26,27)(H,28,33). The molecule has 4 aromatic rings. The van der Waals surface area contributed by atoms with Crippen LogP contribution in [0.5, 0.6) is 0 Å². The van der Waals surface area contributed by atoms with E-state index < -0.39 is 5.56 Å². The van der Waals surface area contributed by atoms with Crippen molar-refractivity contribution in [3.05, 3.63) is 39.7 Å². The first-order valence-electron chi connectivity index (χ1n) is 11.4. The van der Waals surface area contributed by atoms with Crippen molar-refractivity contribution >= 4 is 33.6 Å². The number of fused-ring (bicyclic) bond motifs is 2. The molecular weight excluding hydrogens is 432 g/mol. The Hall–Kier alpha value is -4.06. The van der Waals surface area contributed by atoms with E-state index in [4.69, 9.17) is 10.2 Å². The third-order valence-electron chi connectivity index (χ3n) is 6.44. The van der Waals surface area contributed by atoms with Crippen molar-refractivity contribution in [2.24, 2.45) is 0 Å². The van der Waals surface area contributed by atoms with Crippen molar-refractivity contribution in [2.75, 3.05) is 18.8 Å². The lowest BCUT2D eigenvalue weighted by Crippen LogP contribution is -2.38. The van der Waals surface area contributed by atoms with Gasteiger partial charge in [-0.3, -0.25) is 14.3 Å². The van der Waals surface area contributed by atoms with E-state index in [-0.39, 0.29) is 23.3 Å². The fraction of sp³-hybridized carbons (Fsp3) is 0.360. The molecule has 1 aromatic carbocycles. The molecule has 0 unspecified atom stereocenters. The van der Waals surface area contributed by atoms with Crippen LogP contribution in [0.3, 0.4) is 0 Å². The number of carbonyl (C=O) groups excluding carboxylic acids is 1. The largest absolute Gasteiger partial charge is 0.454 e. The highest BCUT2D eigenvalue weighted by Gasteiger charge is 2.30. The molecule has 5 rings (SSSR count). The van der Waals surface area contributed by atoms with Gasteiger partial charge in [-0.15, -0.1) is 0 Å². The molecule has 174 valence electrons. The first kappa shape index (κ1) is 21.8. The quantitative estimate of drug-likeness (QED) is 0.444. The molecule has 1 fully saturated rings. The van der Waals surface area contributed by atoms with Crippen molar-refractivity contribution in [1.82, 2.24) is 24.9 Å². The second-order valence-corrected chi connectivity index (χ2v) is 8.69. The Balaban J connectivity index is 1.63. The van der Waals surface area contributed by atoms with Crippen molar-refractivity contribution in [3.8, 4) is 23.3 Å². The Kier molecular flexibility index (Phi) is 5.36. The van der Waals surface area contributed by atoms with Crippen LogP contribution in [0.25, 0.3) is 33.3 Å². The predicted molar refractivity (Wildman–Crippen MR) is 130 cm³/mol. The van der Waals surface area contributed by atoms with Crippen LogP contribution in [0.1, 0.15) is 43.4 Å². The number of carbonyl (C=O) groups is 1. The van der Waals surface area contributed by atoms with Crippen molar-refractivity contribution < 1.29 is 9.21 Å². The third kappa shape index (κ3) is 3.52. The summed E-state index contributed by atoms with van der Waals surface area (Å²) in [6.07, 6.45) is 1.99. The van der Waals surface area contributed by atoms with Gasteiger partial charge in [0.15, 0.2) is 17.1 Å². The number of aromatic amines is 1. The fourth-order valence-electron chi connectivity index (χ4n) is 4.65. The minimum absolute atomic E-state index is 0.0428. The van der Waals surface area contributed by atoms with Gasteiger partial charge >= 0.3 is 0 Å². The third-order valence-corrected chi connectivity index (χ3v) is 6.44. The van der Waals surface area contributed by atoms with Crippen LogP contribution in [0.4, 0.5) is 5.82 Å². The molecule has 0 saturated carbocycles. The molecule has 0 aliphatic carbocycles. The first-order valence-corrected chi connectivity index (χ1v) is 11.4. The summed E-state index contributed by atoms with van der Waals surface area (Å²) in [5.74, 6) is 6.18. The maximum atomic E-state index is 12.6. The van der Waals surface area contributed by atoms with E-state index in [0.717, 1.165) is 22.1 Å². The van der Waals surface area contributed by atoms with E-state index in [1.807, 2.05) is 37.6 Å². The van der Waals surface area contributed by atoms with Gasteiger partial charge in [0.25, 0.3) is 11.5 Å². The van der Waals surface area contributed by atoms with Crippen LogP contribution in [-0.4, -0.2) is 43.9 Å². The lowest BCUT2D eigenvalue weighted by molar-refractivity contribution is -0.126. The number of nitrogen functional groups attached to an aromatic ring is 1. The Bertz CT molecular complexity index is 1540. The summed E-state index contributed by atoms with van der Waals surface area (Å²) in [5.41, 5.74) is 9.54. The van der Waals surface area contributed by atoms with Crippen LogP contribution >= 0.6 is 0 Å². The van der Waals surface area contributed by atoms with Crippen LogP contribution < -0.4 is 11.3 Å². The molecule has 34 heavy (non-hydrogen) atoms. The molecule has 0 atom stereocenters. The Labute approximate surface area is 195 Å². The second-order valence-electron chi connectivity index (χ2n) is 8.69. The Morgan fingerprint density at radius 3 is 2.79 bits per heavy atom. The zero-order valence-corrected chi connectivity index (χ0v) is 19.4. The van der Waals surface area contributed by atoms with Crippen LogP contribution in [0.15, 0.2) is 27.4 Å². The van der Waals surface area contributed by atoms with Crippen molar-refractivity contribution in [2.45, 2.75) is 46.1 Å². The first-order chi connectivity index (χ1) is 16.4. The summed E-state index contributed by atoms with van der Waals surface area (Å²) < 4.78 is 8.14. The number of furan rings is 1. The lowest BCUT2D eigenvalue weighted by Gasteiger charge is -2.31. The number of anilines is 1. The number of hydrogen-bond acceptors (Lipinski definition) is 6. The van der Waals surface area contributed by atoms with Gasteiger partial charge in [0.05, 0.1) is 11.4 Å². The highest BCUT2D eigenvalue weighted by Crippen LogP contribution is 2.40. The minimum atomic E-state index is -0.406. The smallest absolute Gasteiger partial charge is 0.298 e. The van der Waals surface area contributed by atoms with Crippen molar-refractivity contribution in [1.29, 1.82) is 0 Å². The number of nitrogens with zero attached hydrogens (tertiary/aromatic N) is 4. The fourth-order valence-corrected chi connectivity index (χ4v) is 4.65.